The number of benzene rings is 3. The second-order valence-corrected chi connectivity index (χ2v) is 5.59. The van der Waals surface area contributed by atoms with Crippen LogP contribution in [-0.4, -0.2) is 9.91 Å². The number of nitro benzene ring substituents is 1. The van der Waals surface area contributed by atoms with Gasteiger partial charge >= 0.3 is 0 Å². The van der Waals surface area contributed by atoms with Crippen LogP contribution in [0.5, 0.6) is 0 Å². The van der Waals surface area contributed by atoms with E-state index in [0.29, 0.717) is 0 Å². The summed E-state index contributed by atoms with van der Waals surface area (Å²) in [5.74, 6) is 0. The van der Waals surface area contributed by atoms with Crippen LogP contribution in [0.2, 0.25) is 0 Å². The number of nitrogens with one attached hydrogen (secondary N) is 1. The first-order valence-electron chi connectivity index (χ1n) is 7.65. The number of H-pyrrole nitrogens is 1. The smallest absolute Gasteiger partial charge is 0.270 e. The molecule has 1 N–H and O–H groups in total. The third-order valence-electron chi connectivity index (χ3n) is 4.12. The van der Waals surface area contributed by atoms with E-state index in [1.165, 1.54) is 6.07 Å². The second-order valence-electron chi connectivity index (χ2n) is 5.59. The predicted molar refractivity (Wildman–Crippen MR) is 95.8 cm³/mol. The zero-order chi connectivity index (χ0) is 16.5. The normalized spacial score (nSPS) is 10.8. The molecule has 4 aromatic rings. The van der Waals surface area contributed by atoms with E-state index < -0.39 is 0 Å². The molecule has 0 radical (unpaired) electrons. The predicted octanol–water partition coefficient (Wildman–Crippen LogP) is 5.41. The van der Waals surface area contributed by atoms with Gasteiger partial charge in [-0.15, -0.1) is 0 Å². The number of aromatic amines is 1. The lowest BCUT2D eigenvalue weighted by Gasteiger charge is -2.05. The molecule has 24 heavy (non-hydrogen) atoms. The van der Waals surface area contributed by atoms with E-state index in [0.717, 1.165) is 33.3 Å². The third kappa shape index (κ3) is 2.34. The van der Waals surface area contributed by atoms with E-state index in [1.54, 1.807) is 12.1 Å². The molecule has 4 nitrogen and oxygen atoms in total. The van der Waals surface area contributed by atoms with Gasteiger partial charge < -0.3 is 4.98 Å². The highest BCUT2D eigenvalue weighted by Gasteiger charge is 2.17. The average molecular weight is 314 g/mol. The summed E-state index contributed by atoms with van der Waals surface area (Å²) in [6.07, 6.45) is 0. The van der Waals surface area contributed by atoms with Crippen molar-refractivity contribution in [2.24, 2.45) is 0 Å². The van der Waals surface area contributed by atoms with Gasteiger partial charge in [-0.3, -0.25) is 10.1 Å². The molecular formula is C20H14N2O2. The van der Waals surface area contributed by atoms with Crippen molar-refractivity contribution >= 4 is 16.6 Å². The maximum Gasteiger partial charge on any atom is 0.270 e. The molecule has 4 rings (SSSR count). The van der Waals surface area contributed by atoms with E-state index in [1.807, 2.05) is 60.7 Å². The van der Waals surface area contributed by atoms with Crippen molar-refractivity contribution in [1.82, 2.24) is 4.98 Å². The molecule has 0 aliphatic rings. The van der Waals surface area contributed by atoms with Crippen molar-refractivity contribution in [3.05, 3.63) is 89.0 Å². The number of nitrogens with zero attached hydrogens (tertiary/aromatic N) is 1. The molecule has 0 unspecified atom stereocenters. The molecule has 0 saturated carbocycles. The Morgan fingerprint density at radius 3 is 2.04 bits per heavy atom. The highest BCUT2D eigenvalue weighted by molar-refractivity contribution is 6.04. The molecule has 0 bridgehead atoms. The molecule has 0 fully saturated rings. The van der Waals surface area contributed by atoms with Crippen molar-refractivity contribution in [3.63, 3.8) is 0 Å². The summed E-state index contributed by atoms with van der Waals surface area (Å²) in [6.45, 7) is 0. The van der Waals surface area contributed by atoms with E-state index >= 15 is 0 Å². The summed E-state index contributed by atoms with van der Waals surface area (Å²) in [5, 5.41) is 12.0. The fraction of sp³-hybridized carbons (Fsp3) is 0. The van der Waals surface area contributed by atoms with Crippen LogP contribution in [0.4, 0.5) is 5.69 Å². The number of rotatable bonds is 3. The van der Waals surface area contributed by atoms with Gasteiger partial charge in [-0.05, 0) is 17.2 Å². The number of hydrogen-bond acceptors (Lipinski definition) is 2. The van der Waals surface area contributed by atoms with Crippen LogP contribution >= 0.6 is 0 Å². The molecule has 0 saturated heterocycles. The largest absolute Gasteiger partial charge is 0.354 e. The average Bonchev–Trinajstić information content (AvgIpc) is 3.01. The topological polar surface area (TPSA) is 58.9 Å². The maximum atomic E-state index is 11.2. The van der Waals surface area contributed by atoms with E-state index in [9.17, 15) is 10.1 Å². The van der Waals surface area contributed by atoms with Gasteiger partial charge in [-0.1, -0.05) is 60.7 Å². The van der Waals surface area contributed by atoms with Crippen LogP contribution in [-0.2, 0) is 0 Å². The van der Waals surface area contributed by atoms with Crippen LogP contribution in [0, 0.1) is 10.1 Å². The first kappa shape index (κ1) is 14.2. The minimum absolute atomic E-state index is 0.0956. The number of nitro groups is 1. The molecule has 0 atom stereocenters. The summed E-state index contributed by atoms with van der Waals surface area (Å²) in [6, 6.07) is 24.9. The first-order valence-corrected chi connectivity index (χ1v) is 7.65. The Hall–Kier alpha value is -3.40. The number of aromatic nitrogens is 1. The van der Waals surface area contributed by atoms with Gasteiger partial charge in [0.15, 0.2) is 0 Å². The molecule has 116 valence electrons. The second kappa shape index (κ2) is 5.66. The minimum Gasteiger partial charge on any atom is -0.354 e. The lowest BCUT2D eigenvalue weighted by atomic mass is 9.98. The summed E-state index contributed by atoms with van der Waals surface area (Å²) in [5.41, 5.74) is 5.02. The van der Waals surface area contributed by atoms with Gasteiger partial charge in [-0.25, -0.2) is 0 Å². The van der Waals surface area contributed by atoms with Crippen molar-refractivity contribution < 1.29 is 4.92 Å². The van der Waals surface area contributed by atoms with Crippen molar-refractivity contribution in [1.29, 1.82) is 0 Å². The lowest BCUT2D eigenvalue weighted by Crippen LogP contribution is -1.87. The quantitative estimate of drug-likeness (QED) is 0.406. The van der Waals surface area contributed by atoms with Gasteiger partial charge in [-0.2, -0.15) is 0 Å². The standard InChI is InChI=1S/C20H14N2O2/c23-22(24)16-11-12-18-17(13-16)19(14-7-3-1-4-8-14)20(21-18)15-9-5-2-6-10-15/h1-13,21H. The van der Waals surface area contributed by atoms with E-state index in [-0.39, 0.29) is 10.6 Å². The van der Waals surface area contributed by atoms with Crippen molar-refractivity contribution in [2.75, 3.05) is 0 Å². The first-order chi connectivity index (χ1) is 11.7. The van der Waals surface area contributed by atoms with Gasteiger partial charge in [0.1, 0.15) is 0 Å². The van der Waals surface area contributed by atoms with Crippen LogP contribution < -0.4 is 0 Å². The van der Waals surface area contributed by atoms with Crippen molar-refractivity contribution in [2.45, 2.75) is 0 Å². The Balaban J connectivity index is 2.07. The number of fused-ring (bicyclic) bond motifs is 1. The van der Waals surface area contributed by atoms with Gasteiger partial charge in [0.25, 0.3) is 5.69 Å². The Morgan fingerprint density at radius 1 is 0.792 bits per heavy atom. The third-order valence-corrected chi connectivity index (χ3v) is 4.12. The van der Waals surface area contributed by atoms with E-state index in [2.05, 4.69) is 4.98 Å². The summed E-state index contributed by atoms with van der Waals surface area (Å²) in [4.78, 5) is 14.2. The minimum atomic E-state index is -0.358. The van der Waals surface area contributed by atoms with Crippen LogP contribution in [0.3, 0.4) is 0 Å². The molecule has 4 heteroatoms. The lowest BCUT2D eigenvalue weighted by molar-refractivity contribution is -0.384. The fourth-order valence-corrected chi connectivity index (χ4v) is 3.02. The highest BCUT2D eigenvalue weighted by Crippen LogP contribution is 2.39. The molecule has 1 aromatic heterocycles. The van der Waals surface area contributed by atoms with Gasteiger partial charge in [0, 0.05) is 28.6 Å². The molecule has 1 heterocycles. The zero-order valence-corrected chi connectivity index (χ0v) is 12.8. The number of non-ortho nitro benzene ring substituents is 1. The molecular weight excluding hydrogens is 300 g/mol. The van der Waals surface area contributed by atoms with Crippen molar-refractivity contribution in [3.8, 4) is 22.4 Å². The zero-order valence-electron chi connectivity index (χ0n) is 12.8. The SMILES string of the molecule is O=[N+]([O-])c1ccc2[nH]c(-c3ccccc3)c(-c3ccccc3)c2c1. The fourth-order valence-electron chi connectivity index (χ4n) is 3.02. The molecule has 0 spiro atoms. The molecule has 0 amide bonds. The Labute approximate surface area is 138 Å². The Kier molecular flexibility index (Phi) is 3.35. The van der Waals surface area contributed by atoms with Crippen LogP contribution in [0.25, 0.3) is 33.3 Å². The summed E-state index contributed by atoms with van der Waals surface area (Å²) < 4.78 is 0. The monoisotopic (exact) mass is 314 g/mol. The van der Waals surface area contributed by atoms with Crippen LogP contribution in [0.15, 0.2) is 78.9 Å². The molecule has 0 aliphatic heterocycles. The summed E-state index contributed by atoms with van der Waals surface area (Å²) >= 11 is 0. The maximum absolute atomic E-state index is 11.2. The molecule has 0 aliphatic carbocycles. The van der Waals surface area contributed by atoms with Gasteiger partial charge in [0.05, 0.1) is 10.6 Å². The Bertz CT molecular complexity index is 1020. The molecule has 3 aromatic carbocycles. The van der Waals surface area contributed by atoms with Crippen LogP contribution in [0.1, 0.15) is 0 Å². The summed E-state index contributed by atoms with van der Waals surface area (Å²) in [7, 11) is 0. The highest BCUT2D eigenvalue weighted by atomic mass is 16.6. The van der Waals surface area contributed by atoms with Gasteiger partial charge in [0.2, 0.25) is 0 Å². The number of hydrogen-bond donors (Lipinski definition) is 1. The Morgan fingerprint density at radius 2 is 1.42 bits per heavy atom. The van der Waals surface area contributed by atoms with E-state index in [4.69, 9.17) is 0 Å².